The molecule has 0 fully saturated rings. The van der Waals surface area contributed by atoms with Gasteiger partial charge in [0.15, 0.2) is 0 Å². The number of hydrogen-bond acceptors (Lipinski definition) is 13. The van der Waals surface area contributed by atoms with Gasteiger partial charge in [-0.3, -0.25) is 5.41 Å². The summed E-state index contributed by atoms with van der Waals surface area (Å²) in [6.45, 7) is 0. The molecule has 0 amide bonds. The minimum atomic E-state index is 0.254. The number of fused-ring (bicyclic) bond motifs is 2. The summed E-state index contributed by atoms with van der Waals surface area (Å²) in [6.07, 6.45) is 7.54. The highest BCUT2D eigenvalue weighted by Crippen LogP contribution is 2.36. The third-order valence-corrected chi connectivity index (χ3v) is 10.4. The Morgan fingerprint density at radius 1 is 0.711 bits per heavy atom. The number of allylic oxidation sites excluding steroid dienone is 6. The molecule has 7 rings (SSSR count). The molecule has 0 unspecified atom stereocenters. The van der Waals surface area contributed by atoms with Crippen molar-refractivity contribution in [2.45, 2.75) is 0 Å². The summed E-state index contributed by atoms with van der Waals surface area (Å²) in [5.74, 6) is 0. The molecule has 1 N–H and O–H groups in total. The number of nitrogens with zero attached hydrogens (tertiary/aromatic N) is 7. The van der Waals surface area contributed by atoms with Crippen molar-refractivity contribution in [2.75, 3.05) is 0 Å². The molecule has 0 radical (unpaired) electrons. The first-order chi connectivity index (χ1) is 22.1. The van der Waals surface area contributed by atoms with Gasteiger partial charge in [-0.2, -0.15) is 28.0 Å². The van der Waals surface area contributed by atoms with Crippen LogP contribution >= 0.6 is 58.9 Å². The zero-order chi connectivity index (χ0) is 30.9. The zero-order valence-corrected chi connectivity index (χ0v) is 27.0. The fourth-order valence-corrected chi connectivity index (χ4v) is 8.19. The first kappa shape index (κ1) is 28.9. The smallest absolute Gasteiger partial charge is 0.113 e. The summed E-state index contributed by atoms with van der Waals surface area (Å²) >= 11 is 9.47. The van der Waals surface area contributed by atoms with Crippen LogP contribution in [0.3, 0.4) is 0 Å². The largest absolute Gasteiger partial charge is 0.298 e. The number of thiol groups is 1. The molecule has 4 heterocycles. The molecule has 1 aliphatic rings. The molecule has 1 aliphatic carbocycles. The van der Waals surface area contributed by atoms with Gasteiger partial charge in [0.05, 0.1) is 52.5 Å². The predicted molar refractivity (Wildman–Crippen MR) is 191 cm³/mol. The van der Waals surface area contributed by atoms with Crippen LogP contribution in [-0.2, 0) is 0 Å². The average molecular weight is 673 g/mol. The second kappa shape index (κ2) is 12.2. The SMILES string of the molecule is N#C/C(=C\c1ccc(C2=CC=C(c3ccc(/C=C(\C#N)c4cccc5nsnc45)s3)C(=NS)C2=N)s1)c1cccc2nsnc12. The lowest BCUT2D eigenvalue weighted by molar-refractivity contribution is 1.52. The van der Waals surface area contributed by atoms with Crippen molar-refractivity contribution in [3.05, 3.63) is 103 Å². The van der Waals surface area contributed by atoms with Crippen LogP contribution in [0.4, 0.5) is 0 Å². The molecular formula is C32H16N8S5. The quantitative estimate of drug-likeness (QED) is 0.103. The van der Waals surface area contributed by atoms with Crippen LogP contribution in [0.1, 0.15) is 30.6 Å². The minimum Gasteiger partial charge on any atom is -0.298 e. The molecule has 2 aromatic carbocycles. The standard InChI is InChI=1S/C32H16N8S5/c33-15-17(21-3-1-5-25-30(21)39-44-37-25)13-19-7-11-27(42-19)23-9-10-24(32(36-41)29(23)35)28-12-8-20(43-28)14-18(16-34)22-4-2-6-26-31(22)40-45-38-26/h1-14,35,41H/b17-13+,18-14+,35-29?,36-32?. The van der Waals surface area contributed by atoms with Crippen LogP contribution in [0.25, 0.3) is 56.5 Å². The van der Waals surface area contributed by atoms with Crippen molar-refractivity contribution < 1.29 is 0 Å². The number of nitrogens with one attached hydrogen (secondary N) is 1. The monoisotopic (exact) mass is 672 g/mol. The van der Waals surface area contributed by atoms with Gasteiger partial charge in [-0.05, 0) is 61.4 Å². The van der Waals surface area contributed by atoms with Gasteiger partial charge in [-0.15, -0.1) is 22.7 Å². The van der Waals surface area contributed by atoms with Crippen LogP contribution in [-0.4, -0.2) is 28.9 Å². The molecule has 214 valence electrons. The van der Waals surface area contributed by atoms with Crippen molar-refractivity contribution in [1.29, 1.82) is 15.9 Å². The van der Waals surface area contributed by atoms with Gasteiger partial charge in [-0.25, -0.2) is 4.40 Å². The summed E-state index contributed by atoms with van der Waals surface area (Å²) in [6, 6.07) is 23.7. The average Bonchev–Trinajstić information content (AvgIpc) is 3.89. The van der Waals surface area contributed by atoms with Crippen molar-refractivity contribution in [2.24, 2.45) is 4.40 Å². The van der Waals surface area contributed by atoms with Crippen LogP contribution in [0.2, 0.25) is 0 Å². The number of aromatic nitrogens is 4. The Morgan fingerprint density at radius 2 is 1.22 bits per heavy atom. The Balaban J connectivity index is 1.19. The third-order valence-electron chi connectivity index (χ3n) is 7.03. The maximum Gasteiger partial charge on any atom is 0.113 e. The highest BCUT2D eigenvalue weighted by molar-refractivity contribution is 7.79. The number of rotatable bonds is 6. The number of hydrogen-bond donors (Lipinski definition) is 2. The van der Waals surface area contributed by atoms with E-state index in [9.17, 15) is 10.5 Å². The lowest BCUT2D eigenvalue weighted by atomic mass is 9.92. The Morgan fingerprint density at radius 3 is 1.73 bits per heavy atom. The Kier molecular flexibility index (Phi) is 7.85. The lowest BCUT2D eigenvalue weighted by Crippen LogP contribution is -2.18. The van der Waals surface area contributed by atoms with Gasteiger partial charge >= 0.3 is 0 Å². The molecule has 13 heteroatoms. The molecular weight excluding hydrogens is 657 g/mol. The molecule has 0 atom stereocenters. The van der Waals surface area contributed by atoms with Crippen molar-refractivity contribution in [3.63, 3.8) is 0 Å². The summed E-state index contributed by atoms with van der Waals surface area (Å²) in [4.78, 5) is 3.54. The van der Waals surface area contributed by atoms with E-state index >= 15 is 0 Å². The predicted octanol–water partition coefficient (Wildman–Crippen LogP) is 8.73. The van der Waals surface area contributed by atoms with Crippen LogP contribution in [0, 0.1) is 28.1 Å². The van der Waals surface area contributed by atoms with Crippen LogP contribution in [0.15, 0.2) is 77.2 Å². The lowest BCUT2D eigenvalue weighted by Gasteiger charge is -2.16. The molecule has 4 aromatic heterocycles. The fourth-order valence-electron chi connectivity index (χ4n) is 4.92. The van der Waals surface area contributed by atoms with E-state index in [4.69, 9.17) is 5.41 Å². The van der Waals surface area contributed by atoms with Crippen molar-refractivity contribution >= 4 is 127 Å². The highest BCUT2D eigenvalue weighted by atomic mass is 32.1. The maximum atomic E-state index is 9.94. The van der Waals surface area contributed by atoms with Gasteiger partial charge < -0.3 is 0 Å². The van der Waals surface area contributed by atoms with Gasteiger partial charge in [0, 0.05) is 41.8 Å². The van der Waals surface area contributed by atoms with Gasteiger partial charge in [0.25, 0.3) is 0 Å². The first-order valence-electron chi connectivity index (χ1n) is 13.2. The van der Waals surface area contributed by atoms with Gasteiger partial charge in [-0.1, -0.05) is 36.4 Å². The van der Waals surface area contributed by atoms with Gasteiger partial charge in [0.2, 0.25) is 0 Å². The number of nitriles is 2. The first-order valence-corrected chi connectivity index (χ1v) is 16.7. The fraction of sp³-hybridized carbons (Fsp3) is 0. The van der Waals surface area contributed by atoms with Gasteiger partial charge in [0.1, 0.15) is 27.8 Å². The van der Waals surface area contributed by atoms with E-state index in [1.807, 2.05) is 85.0 Å². The zero-order valence-electron chi connectivity index (χ0n) is 22.8. The minimum absolute atomic E-state index is 0.254. The maximum absolute atomic E-state index is 9.94. The number of benzene rings is 2. The molecule has 6 aromatic rings. The highest BCUT2D eigenvalue weighted by Gasteiger charge is 2.24. The molecule has 45 heavy (non-hydrogen) atoms. The molecule has 0 saturated heterocycles. The Hall–Kier alpha value is -4.89. The van der Waals surface area contributed by atoms with E-state index in [2.05, 4.69) is 46.8 Å². The Labute approximate surface area is 278 Å². The van der Waals surface area contributed by atoms with E-state index < -0.39 is 0 Å². The summed E-state index contributed by atoms with van der Waals surface area (Å²) in [5.41, 5.74) is 7.63. The van der Waals surface area contributed by atoms with E-state index in [1.165, 1.54) is 22.7 Å². The number of thiophene rings is 2. The van der Waals surface area contributed by atoms with E-state index in [0.29, 0.717) is 33.5 Å². The summed E-state index contributed by atoms with van der Waals surface area (Å²) in [7, 11) is 0. The Bertz CT molecular complexity index is 2400. The normalized spacial score (nSPS) is 14.9. The van der Waals surface area contributed by atoms with E-state index in [-0.39, 0.29) is 5.71 Å². The second-order valence-corrected chi connectivity index (χ2v) is 13.1. The molecule has 0 saturated carbocycles. The van der Waals surface area contributed by atoms with E-state index in [1.54, 1.807) is 0 Å². The topological polar surface area (TPSA) is 135 Å². The molecule has 0 bridgehead atoms. The van der Waals surface area contributed by atoms with E-state index in [0.717, 1.165) is 70.7 Å². The van der Waals surface area contributed by atoms with Crippen molar-refractivity contribution in [3.8, 4) is 12.1 Å². The molecule has 8 nitrogen and oxygen atoms in total. The van der Waals surface area contributed by atoms with Crippen molar-refractivity contribution in [1.82, 2.24) is 17.5 Å². The third kappa shape index (κ3) is 5.37. The van der Waals surface area contributed by atoms with Crippen LogP contribution in [0.5, 0.6) is 0 Å². The molecule has 0 aliphatic heterocycles. The molecule has 0 spiro atoms. The second-order valence-electron chi connectivity index (χ2n) is 9.60. The summed E-state index contributed by atoms with van der Waals surface area (Å²) in [5, 5.41) is 28.9. The van der Waals surface area contributed by atoms with Crippen LogP contribution < -0.4 is 0 Å². The summed E-state index contributed by atoms with van der Waals surface area (Å²) < 4.78 is 21.5.